The second-order valence-electron chi connectivity index (χ2n) is 8.64. The third-order valence-electron chi connectivity index (χ3n) is 6.18. The Morgan fingerprint density at radius 1 is 0.857 bits per heavy atom. The van der Waals surface area contributed by atoms with Crippen molar-refractivity contribution in [2.24, 2.45) is 0 Å². The number of amides is 1. The lowest BCUT2D eigenvalue weighted by molar-refractivity contribution is -0.121. The predicted molar refractivity (Wildman–Crippen MR) is 140 cm³/mol. The van der Waals surface area contributed by atoms with Crippen molar-refractivity contribution in [1.29, 1.82) is 0 Å². The van der Waals surface area contributed by atoms with E-state index in [1.165, 1.54) is 16.3 Å². The summed E-state index contributed by atoms with van der Waals surface area (Å²) in [4.78, 5) is 17.2. The van der Waals surface area contributed by atoms with Crippen LogP contribution >= 0.6 is 0 Å². The largest absolute Gasteiger partial charge is 0.494 e. The number of hydrogen-bond acceptors (Lipinski definition) is 3. The first-order valence-electron chi connectivity index (χ1n) is 12.1. The van der Waals surface area contributed by atoms with Crippen molar-refractivity contribution in [3.05, 3.63) is 108 Å². The number of nitrogens with one attached hydrogen (secondary N) is 1. The van der Waals surface area contributed by atoms with Crippen molar-refractivity contribution in [3.63, 3.8) is 0 Å². The number of para-hydroxylation sites is 2. The van der Waals surface area contributed by atoms with Crippen LogP contribution in [0.15, 0.2) is 97.1 Å². The van der Waals surface area contributed by atoms with Crippen LogP contribution in [-0.4, -0.2) is 22.1 Å². The highest BCUT2D eigenvalue weighted by atomic mass is 16.5. The van der Waals surface area contributed by atoms with E-state index < -0.39 is 0 Å². The molecule has 1 heterocycles. The van der Waals surface area contributed by atoms with E-state index in [2.05, 4.69) is 40.2 Å². The number of benzene rings is 4. The van der Waals surface area contributed by atoms with E-state index in [0.717, 1.165) is 42.0 Å². The quantitative estimate of drug-likeness (QED) is 0.262. The topological polar surface area (TPSA) is 56.2 Å². The SMILES string of the molecule is O=C(CCc1ccccc1)NCc1nc2ccccc2n1CCCOc1ccc2ccccc2c1. The van der Waals surface area contributed by atoms with Crippen LogP contribution in [0.3, 0.4) is 0 Å². The Bertz CT molecular complexity index is 1430. The van der Waals surface area contributed by atoms with Gasteiger partial charge < -0.3 is 14.6 Å². The van der Waals surface area contributed by atoms with Crippen molar-refractivity contribution in [3.8, 4) is 5.75 Å². The van der Waals surface area contributed by atoms with Crippen LogP contribution in [-0.2, 0) is 24.3 Å². The maximum atomic E-state index is 12.5. The number of imidazole rings is 1. The zero-order valence-corrected chi connectivity index (χ0v) is 19.7. The summed E-state index contributed by atoms with van der Waals surface area (Å²) in [5.74, 6) is 1.78. The van der Waals surface area contributed by atoms with Crippen molar-refractivity contribution >= 4 is 27.7 Å². The number of carbonyl (C=O) groups excluding carboxylic acids is 1. The molecule has 0 aliphatic carbocycles. The second-order valence-corrected chi connectivity index (χ2v) is 8.64. The summed E-state index contributed by atoms with van der Waals surface area (Å²) in [6.07, 6.45) is 2.03. The predicted octanol–water partition coefficient (Wildman–Crippen LogP) is 5.91. The van der Waals surface area contributed by atoms with Gasteiger partial charge >= 0.3 is 0 Å². The second kappa shape index (κ2) is 10.9. The lowest BCUT2D eigenvalue weighted by Crippen LogP contribution is -2.25. The number of hydrogen-bond donors (Lipinski definition) is 1. The van der Waals surface area contributed by atoms with E-state index in [0.29, 0.717) is 19.6 Å². The molecule has 4 aromatic carbocycles. The van der Waals surface area contributed by atoms with Crippen molar-refractivity contribution in [2.45, 2.75) is 32.4 Å². The van der Waals surface area contributed by atoms with E-state index in [-0.39, 0.29) is 5.91 Å². The van der Waals surface area contributed by atoms with Gasteiger partial charge in [0, 0.05) is 13.0 Å². The highest BCUT2D eigenvalue weighted by Crippen LogP contribution is 2.21. The van der Waals surface area contributed by atoms with Gasteiger partial charge in [0.2, 0.25) is 5.91 Å². The standard InChI is InChI=1S/C30H29N3O2/c34-30(18-15-23-9-2-1-3-10-23)31-22-29-32-27-13-6-7-14-28(27)33(29)19-8-20-35-26-17-16-24-11-4-5-12-25(24)21-26/h1-7,9-14,16-17,21H,8,15,18-20,22H2,(H,31,34). The van der Waals surface area contributed by atoms with Gasteiger partial charge in [-0.1, -0.05) is 72.8 Å². The Balaban J connectivity index is 1.19. The number of fused-ring (bicyclic) bond motifs is 2. The van der Waals surface area contributed by atoms with Crippen LogP contribution in [0.5, 0.6) is 5.75 Å². The third-order valence-corrected chi connectivity index (χ3v) is 6.18. The van der Waals surface area contributed by atoms with Crippen molar-refractivity contribution in [1.82, 2.24) is 14.9 Å². The first-order chi connectivity index (χ1) is 17.3. The van der Waals surface area contributed by atoms with Gasteiger partial charge in [0.1, 0.15) is 11.6 Å². The molecular formula is C30H29N3O2. The normalized spacial score (nSPS) is 11.1. The van der Waals surface area contributed by atoms with E-state index >= 15 is 0 Å². The van der Waals surface area contributed by atoms with Crippen LogP contribution in [0, 0.1) is 0 Å². The average Bonchev–Trinajstić information content (AvgIpc) is 3.26. The minimum absolute atomic E-state index is 0.0343. The minimum Gasteiger partial charge on any atom is -0.494 e. The minimum atomic E-state index is 0.0343. The summed E-state index contributed by atoms with van der Waals surface area (Å²) in [6, 6.07) is 32.7. The van der Waals surface area contributed by atoms with Gasteiger partial charge in [0.05, 0.1) is 24.2 Å². The Morgan fingerprint density at radius 3 is 2.51 bits per heavy atom. The Kier molecular flexibility index (Phi) is 7.04. The molecule has 5 nitrogen and oxygen atoms in total. The van der Waals surface area contributed by atoms with Crippen molar-refractivity contribution in [2.75, 3.05) is 6.61 Å². The van der Waals surface area contributed by atoms with E-state index in [9.17, 15) is 4.79 Å². The van der Waals surface area contributed by atoms with Gasteiger partial charge in [0.25, 0.3) is 0 Å². The van der Waals surface area contributed by atoms with Gasteiger partial charge in [-0.3, -0.25) is 4.79 Å². The molecule has 0 unspecified atom stereocenters. The summed E-state index contributed by atoms with van der Waals surface area (Å²) < 4.78 is 8.22. The van der Waals surface area contributed by atoms with Gasteiger partial charge in [-0.2, -0.15) is 0 Å². The molecule has 0 aliphatic heterocycles. The smallest absolute Gasteiger partial charge is 0.220 e. The summed E-state index contributed by atoms with van der Waals surface area (Å²) in [7, 11) is 0. The molecule has 5 rings (SSSR count). The number of rotatable bonds is 10. The Hall–Kier alpha value is -4.12. The zero-order chi connectivity index (χ0) is 23.9. The van der Waals surface area contributed by atoms with Crippen LogP contribution in [0.25, 0.3) is 21.8 Å². The number of nitrogens with zero attached hydrogens (tertiary/aromatic N) is 2. The summed E-state index contributed by atoms with van der Waals surface area (Å²) in [5, 5.41) is 5.44. The molecule has 0 radical (unpaired) electrons. The Labute approximate surface area is 205 Å². The highest BCUT2D eigenvalue weighted by Gasteiger charge is 2.12. The van der Waals surface area contributed by atoms with Crippen LogP contribution in [0.1, 0.15) is 24.2 Å². The fraction of sp³-hybridized carbons (Fsp3) is 0.200. The van der Waals surface area contributed by atoms with Crippen LogP contribution in [0.2, 0.25) is 0 Å². The molecule has 35 heavy (non-hydrogen) atoms. The molecule has 0 fully saturated rings. The highest BCUT2D eigenvalue weighted by molar-refractivity contribution is 5.83. The molecular weight excluding hydrogens is 434 g/mol. The maximum Gasteiger partial charge on any atom is 0.220 e. The molecule has 5 aromatic rings. The molecule has 0 atom stereocenters. The van der Waals surface area contributed by atoms with E-state index in [1.807, 2.05) is 66.7 Å². The van der Waals surface area contributed by atoms with Crippen LogP contribution < -0.4 is 10.1 Å². The van der Waals surface area contributed by atoms with Gasteiger partial charge in [-0.15, -0.1) is 0 Å². The first kappa shape index (κ1) is 22.7. The summed E-state index contributed by atoms with van der Waals surface area (Å²) >= 11 is 0. The molecule has 0 spiro atoms. The zero-order valence-electron chi connectivity index (χ0n) is 19.7. The van der Waals surface area contributed by atoms with Crippen LogP contribution in [0.4, 0.5) is 0 Å². The molecule has 1 aromatic heterocycles. The molecule has 176 valence electrons. The maximum absolute atomic E-state index is 12.5. The summed E-state index contributed by atoms with van der Waals surface area (Å²) in [5.41, 5.74) is 3.18. The van der Waals surface area contributed by atoms with Gasteiger partial charge in [0.15, 0.2) is 0 Å². The fourth-order valence-corrected chi connectivity index (χ4v) is 4.35. The average molecular weight is 464 g/mol. The third kappa shape index (κ3) is 5.69. The molecule has 5 heteroatoms. The van der Waals surface area contributed by atoms with Gasteiger partial charge in [-0.25, -0.2) is 4.98 Å². The van der Waals surface area contributed by atoms with Gasteiger partial charge in [-0.05, 0) is 53.4 Å². The molecule has 1 N–H and O–H groups in total. The Morgan fingerprint density at radius 2 is 1.63 bits per heavy atom. The van der Waals surface area contributed by atoms with Crippen molar-refractivity contribution < 1.29 is 9.53 Å². The lowest BCUT2D eigenvalue weighted by Gasteiger charge is -2.12. The number of aromatic nitrogens is 2. The van der Waals surface area contributed by atoms with E-state index in [1.54, 1.807) is 0 Å². The fourth-order valence-electron chi connectivity index (χ4n) is 4.35. The number of carbonyl (C=O) groups is 1. The molecule has 0 aliphatic rings. The molecule has 0 saturated carbocycles. The molecule has 0 bridgehead atoms. The summed E-state index contributed by atoms with van der Waals surface area (Å²) in [6.45, 7) is 1.78. The number of ether oxygens (including phenoxy) is 1. The molecule has 0 saturated heterocycles. The first-order valence-corrected chi connectivity index (χ1v) is 12.1. The lowest BCUT2D eigenvalue weighted by atomic mass is 10.1. The monoisotopic (exact) mass is 463 g/mol. The number of aryl methyl sites for hydroxylation is 2. The molecule has 1 amide bonds. The van der Waals surface area contributed by atoms with E-state index in [4.69, 9.17) is 9.72 Å².